The van der Waals surface area contributed by atoms with Crippen molar-refractivity contribution in [3.8, 4) is 5.75 Å². The Kier molecular flexibility index (Phi) is 7.22. The number of anilines is 4. The zero-order chi connectivity index (χ0) is 23.3. The molecular weight excluding hydrogens is 417 g/mol. The Morgan fingerprint density at radius 1 is 0.875 bits per heavy atom. The molecule has 0 aliphatic carbocycles. The summed E-state index contributed by atoms with van der Waals surface area (Å²) in [6.45, 7) is 4.64. The van der Waals surface area contributed by atoms with E-state index in [1.807, 2.05) is 31.2 Å². The second kappa shape index (κ2) is 9.89. The predicted octanol–water partition coefficient (Wildman–Crippen LogP) is 6.38. The van der Waals surface area contributed by atoms with Crippen molar-refractivity contribution >= 4 is 23.1 Å². The number of benzene rings is 2. The van der Waals surface area contributed by atoms with Crippen molar-refractivity contribution in [2.24, 2.45) is 0 Å². The average Bonchev–Trinajstić information content (AvgIpc) is 2.81. The Morgan fingerprint density at radius 2 is 1.47 bits per heavy atom. The lowest BCUT2D eigenvalue weighted by Gasteiger charge is -2.25. The van der Waals surface area contributed by atoms with Gasteiger partial charge in [-0.1, -0.05) is 26.0 Å². The fraction of sp³-hybridized carbons (Fsp3) is 0.333. The highest BCUT2D eigenvalue weighted by Gasteiger charge is 2.37. The van der Waals surface area contributed by atoms with Gasteiger partial charge in [-0.15, -0.1) is 0 Å². The van der Waals surface area contributed by atoms with Crippen LogP contribution in [0.15, 0.2) is 54.7 Å². The Balaban J connectivity index is 1.96. The van der Waals surface area contributed by atoms with E-state index in [-0.39, 0.29) is 11.8 Å². The molecule has 8 heteroatoms. The van der Waals surface area contributed by atoms with Gasteiger partial charge in [-0.3, -0.25) is 0 Å². The first-order valence-electron chi connectivity index (χ1n) is 10.5. The van der Waals surface area contributed by atoms with Crippen LogP contribution in [0.25, 0.3) is 0 Å². The van der Waals surface area contributed by atoms with Crippen LogP contribution in [-0.4, -0.2) is 30.7 Å². The van der Waals surface area contributed by atoms with Crippen molar-refractivity contribution < 1.29 is 17.9 Å². The van der Waals surface area contributed by atoms with Gasteiger partial charge in [-0.2, -0.15) is 18.2 Å². The third kappa shape index (κ3) is 5.30. The minimum absolute atomic E-state index is 0.173. The van der Waals surface area contributed by atoms with E-state index in [0.717, 1.165) is 24.7 Å². The van der Waals surface area contributed by atoms with Crippen LogP contribution in [0.1, 0.15) is 31.4 Å². The van der Waals surface area contributed by atoms with Crippen LogP contribution < -0.4 is 14.5 Å². The minimum atomic E-state index is -4.59. The van der Waals surface area contributed by atoms with Crippen LogP contribution in [0.5, 0.6) is 5.75 Å². The van der Waals surface area contributed by atoms with Gasteiger partial charge in [0, 0.05) is 31.7 Å². The molecule has 170 valence electrons. The molecule has 0 aliphatic rings. The highest BCUT2D eigenvalue weighted by Crippen LogP contribution is 2.38. The first kappa shape index (κ1) is 23.4. The summed E-state index contributed by atoms with van der Waals surface area (Å²) >= 11 is 0. The smallest absolute Gasteiger partial charge is 0.421 e. The molecule has 0 saturated heterocycles. The molecule has 0 saturated carbocycles. The lowest BCUT2D eigenvalue weighted by molar-refractivity contribution is -0.137. The number of ether oxygens (including phenoxy) is 1. The van der Waals surface area contributed by atoms with Crippen molar-refractivity contribution in [3.63, 3.8) is 0 Å². The van der Waals surface area contributed by atoms with Gasteiger partial charge in [-0.05, 0) is 54.8 Å². The third-order valence-electron chi connectivity index (χ3n) is 5.11. The summed E-state index contributed by atoms with van der Waals surface area (Å²) in [5.74, 6) is 0.618. The van der Waals surface area contributed by atoms with Crippen LogP contribution in [0, 0.1) is 0 Å². The molecule has 3 rings (SSSR count). The summed E-state index contributed by atoms with van der Waals surface area (Å²) < 4.78 is 46.7. The van der Waals surface area contributed by atoms with E-state index >= 15 is 0 Å². The quantitative estimate of drug-likeness (QED) is 0.403. The average molecular weight is 445 g/mol. The molecule has 0 aliphatic heterocycles. The maximum Gasteiger partial charge on any atom is 0.421 e. The lowest BCUT2D eigenvalue weighted by Crippen LogP contribution is -2.21. The molecule has 0 unspecified atom stereocenters. The molecule has 2 aromatic carbocycles. The Hall–Kier alpha value is -3.29. The zero-order valence-corrected chi connectivity index (χ0v) is 18.6. The molecule has 0 N–H and O–H groups in total. The zero-order valence-electron chi connectivity index (χ0n) is 18.6. The number of alkyl halides is 3. The van der Waals surface area contributed by atoms with Crippen molar-refractivity contribution in [1.82, 2.24) is 9.97 Å². The van der Waals surface area contributed by atoms with E-state index in [1.54, 1.807) is 43.3 Å². The van der Waals surface area contributed by atoms with Gasteiger partial charge < -0.3 is 14.5 Å². The fourth-order valence-electron chi connectivity index (χ4n) is 3.16. The van der Waals surface area contributed by atoms with Gasteiger partial charge in [0.1, 0.15) is 11.3 Å². The minimum Gasteiger partial charge on any atom is -0.494 e. The fourth-order valence-corrected chi connectivity index (χ4v) is 3.16. The molecule has 0 bridgehead atoms. The predicted molar refractivity (Wildman–Crippen MR) is 121 cm³/mol. The van der Waals surface area contributed by atoms with Crippen LogP contribution in [0.2, 0.25) is 0 Å². The van der Waals surface area contributed by atoms with Crippen LogP contribution in [0.4, 0.5) is 36.3 Å². The van der Waals surface area contributed by atoms with Gasteiger partial charge in [0.15, 0.2) is 5.82 Å². The van der Waals surface area contributed by atoms with Crippen molar-refractivity contribution in [2.75, 3.05) is 30.5 Å². The number of hydrogen-bond donors (Lipinski definition) is 0. The van der Waals surface area contributed by atoms with E-state index in [9.17, 15) is 13.2 Å². The third-order valence-corrected chi connectivity index (χ3v) is 5.11. The molecule has 3 aromatic rings. The highest BCUT2D eigenvalue weighted by atomic mass is 19.4. The largest absolute Gasteiger partial charge is 0.494 e. The highest BCUT2D eigenvalue weighted by molar-refractivity contribution is 5.66. The van der Waals surface area contributed by atoms with E-state index in [4.69, 9.17) is 4.74 Å². The van der Waals surface area contributed by atoms with Gasteiger partial charge in [0.2, 0.25) is 5.95 Å². The standard InChI is InChI=1S/C24H27F3N4O/c1-5-15-32-20-13-11-18(12-14-20)30(3)22-21(24(25,26)27)16-28-23(29-22)31(4)19-9-7-17(6-2)8-10-19/h7-14,16H,5-6,15H2,1-4H3. The maximum absolute atomic E-state index is 13.7. The topological polar surface area (TPSA) is 41.5 Å². The number of aromatic nitrogens is 2. The summed E-state index contributed by atoms with van der Waals surface area (Å²) in [5.41, 5.74) is 1.61. The summed E-state index contributed by atoms with van der Waals surface area (Å²) in [6, 6.07) is 14.6. The number of aryl methyl sites for hydroxylation is 1. The van der Waals surface area contributed by atoms with Crippen LogP contribution in [-0.2, 0) is 12.6 Å². The first-order valence-corrected chi connectivity index (χ1v) is 10.5. The van der Waals surface area contributed by atoms with E-state index in [2.05, 4.69) is 16.9 Å². The van der Waals surface area contributed by atoms with Crippen LogP contribution >= 0.6 is 0 Å². The lowest BCUT2D eigenvalue weighted by atomic mass is 10.1. The van der Waals surface area contributed by atoms with Crippen molar-refractivity contribution in [3.05, 3.63) is 65.9 Å². The Morgan fingerprint density at radius 3 is 2.03 bits per heavy atom. The molecule has 32 heavy (non-hydrogen) atoms. The van der Waals surface area contributed by atoms with Crippen LogP contribution in [0.3, 0.4) is 0 Å². The number of rotatable bonds is 8. The Bertz CT molecular complexity index is 1020. The Labute approximate surface area is 186 Å². The molecule has 1 heterocycles. The normalized spacial score (nSPS) is 11.3. The first-order chi connectivity index (χ1) is 15.2. The monoisotopic (exact) mass is 444 g/mol. The summed E-state index contributed by atoms with van der Waals surface area (Å²) in [7, 11) is 3.28. The molecular formula is C24H27F3N4O. The maximum atomic E-state index is 13.7. The molecule has 1 aromatic heterocycles. The van der Waals surface area contributed by atoms with Gasteiger partial charge in [0.25, 0.3) is 0 Å². The number of halogens is 3. The summed E-state index contributed by atoms with van der Waals surface area (Å²) in [6.07, 6.45) is -1.98. The van der Waals surface area contributed by atoms with Crippen molar-refractivity contribution in [1.29, 1.82) is 0 Å². The summed E-state index contributed by atoms with van der Waals surface area (Å²) in [4.78, 5) is 11.4. The van der Waals surface area contributed by atoms with Gasteiger partial charge >= 0.3 is 6.18 Å². The number of nitrogens with zero attached hydrogens (tertiary/aromatic N) is 4. The van der Waals surface area contributed by atoms with E-state index in [0.29, 0.717) is 18.0 Å². The summed E-state index contributed by atoms with van der Waals surface area (Å²) in [5, 5.41) is 0. The van der Waals surface area contributed by atoms with Gasteiger partial charge in [-0.25, -0.2) is 4.98 Å². The van der Waals surface area contributed by atoms with E-state index in [1.165, 1.54) is 10.5 Å². The molecule has 0 fully saturated rings. The van der Waals surface area contributed by atoms with Gasteiger partial charge in [0.05, 0.1) is 6.61 Å². The second-order valence-electron chi connectivity index (χ2n) is 7.39. The SMILES string of the molecule is CCCOc1ccc(N(C)c2nc(N(C)c3ccc(CC)cc3)ncc2C(F)(F)F)cc1. The molecule has 0 atom stereocenters. The molecule has 0 radical (unpaired) electrons. The molecule has 5 nitrogen and oxygen atoms in total. The molecule has 0 amide bonds. The van der Waals surface area contributed by atoms with Crippen molar-refractivity contribution in [2.45, 2.75) is 32.9 Å². The number of hydrogen-bond acceptors (Lipinski definition) is 5. The van der Waals surface area contributed by atoms with E-state index < -0.39 is 11.7 Å². The molecule has 0 spiro atoms. The second-order valence-corrected chi connectivity index (χ2v) is 7.39.